The van der Waals surface area contributed by atoms with E-state index in [9.17, 15) is 9.59 Å². The van der Waals surface area contributed by atoms with Crippen molar-refractivity contribution in [1.82, 2.24) is 19.5 Å². The SMILES string of the molecule is O=C(Cc1csc2nc(=O)c(Cc3ccccc3Cl)nn12)N1CCN(c2ccccc2Cl)CC1. The molecular formula is C24H21Cl2N5O2S. The molecule has 3 heterocycles. The lowest BCUT2D eigenvalue weighted by Gasteiger charge is -2.36. The number of para-hydroxylation sites is 1. The summed E-state index contributed by atoms with van der Waals surface area (Å²) in [4.78, 5) is 34.2. The second kappa shape index (κ2) is 9.74. The molecule has 1 saturated heterocycles. The monoisotopic (exact) mass is 513 g/mol. The van der Waals surface area contributed by atoms with Gasteiger partial charge in [-0.3, -0.25) is 9.59 Å². The molecule has 1 fully saturated rings. The van der Waals surface area contributed by atoms with Gasteiger partial charge in [-0.05, 0) is 23.8 Å². The Bertz CT molecular complexity index is 1410. The lowest BCUT2D eigenvalue weighted by molar-refractivity contribution is -0.130. The molecule has 0 N–H and O–H groups in total. The molecule has 0 radical (unpaired) electrons. The van der Waals surface area contributed by atoms with Crippen molar-refractivity contribution in [3.05, 3.63) is 91.3 Å². The summed E-state index contributed by atoms with van der Waals surface area (Å²) in [6.45, 7) is 2.67. The van der Waals surface area contributed by atoms with E-state index in [-0.39, 0.29) is 24.3 Å². The number of anilines is 1. The largest absolute Gasteiger partial charge is 0.367 e. The normalized spacial score (nSPS) is 14.1. The number of halogens is 2. The Morgan fingerprint density at radius 3 is 2.41 bits per heavy atom. The van der Waals surface area contributed by atoms with Gasteiger partial charge in [-0.2, -0.15) is 10.1 Å². The van der Waals surface area contributed by atoms with E-state index in [1.165, 1.54) is 11.3 Å². The van der Waals surface area contributed by atoms with Crippen LogP contribution in [-0.4, -0.2) is 51.6 Å². The predicted molar refractivity (Wildman–Crippen MR) is 135 cm³/mol. The van der Waals surface area contributed by atoms with Crippen LogP contribution in [-0.2, 0) is 17.6 Å². The zero-order valence-electron chi connectivity index (χ0n) is 18.2. The Hall–Kier alpha value is -2.94. The average molecular weight is 514 g/mol. The van der Waals surface area contributed by atoms with Gasteiger partial charge in [-0.15, -0.1) is 11.3 Å². The molecule has 0 bridgehead atoms. The van der Waals surface area contributed by atoms with E-state index in [2.05, 4.69) is 15.0 Å². The number of thiazole rings is 1. The van der Waals surface area contributed by atoms with E-state index in [1.807, 2.05) is 52.7 Å². The summed E-state index contributed by atoms with van der Waals surface area (Å²) in [6, 6.07) is 15.1. The van der Waals surface area contributed by atoms with Crippen molar-refractivity contribution in [2.45, 2.75) is 12.8 Å². The van der Waals surface area contributed by atoms with Crippen LogP contribution in [0.4, 0.5) is 5.69 Å². The number of nitrogens with zero attached hydrogens (tertiary/aromatic N) is 5. The number of benzene rings is 2. The molecular weight excluding hydrogens is 493 g/mol. The van der Waals surface area contributed by atoms with Gasteiger partial charge in [0, 0.05) is 43.0 Å². The lowest BCUT2D eigenvalue weighted by Crippen LogP contribution is -2.49. The molecule has 7 nitrogen and oxygen atoms in total. The Balaban J connectivity index is 1.30. The fraction of sp³-hybridized carbons (Fsp3) is 0.250. The van der Waals surface area contributed by atoms with Crippen LogP contribution in [0.2, 0.25) is 10.0 Å². The summed E-state index contributed by atoms with van der Waals surface area (Å²) in [7, 11) is 0. The summed E-state index contributed by atoms with van der Waals surface area (Å²) in [5, 5.41) is 7.66. The molecule has 5 rings (SSSR count). The van der Waals surface area contributed by atoms with E-state index in [0.29, 0.717) is 52.6 Å². The number of hydrogen-bond acceptors (Lipinski definition) is 6. The Labute approximate surface area is 210 Å². The zero-order chi connectivity index (χ0) is 23.7. The zero-order valence-corrected chi connectivity index (χ0v) is 20.5. The third-order valence-electron chi connectivity index (χ3n) is 5.89. The maximum absolute atomic E-state index is 13.1. The molecule has 1 aliphatic rings. The highest BCUT2D eigenvalue weighted by Crippen LogP contribution is 2.26. The van der Waals surface area contributed by atoms with Crippen molar-refractivity contribution in [1.29, 1.82) is 0 Å². The topological polar surface area (TPSA) is 70.8 Å². The molecule has 10 heteroatoms. The lowest BCUT2D eigenvalue weighted by atomic mass is 10.1. The van der Waals surface area contributed by atoms with Crippen molar-refractivity contribution in [3.63, 3.8) is 0 Å². The Morgan fingerprint density at radius 2 is 1.68 bits per heavy atom. The molecule has 1 aliphatic heterocycles. The summed E-state index contributed by atoms with van der Waals surface area (Å²) < 4.78 is 1.61. The highest BCUT2D eigenvalue weighted by atomic mass is 35.5. The molecule has 174 valence electrons. The summed E-state index contributed by atoms with van der Waals surface area (Å²) in [6.07, 6.45) is 0.469. The summed E-state index contributed by atoms with van der Waals surface area (Å²) in [5.41, 5.74) is 2.43. The van der Waals surface area contributed by atoms with Gasteiger partial charge in [-0.1, -0.05) is 53.5 Å². The molecule has 2 aromatic heterocycles. The van der Waals surface area contributed by atoms with Gasteiger partial charge in [0.2, 0.25) is 10.9 Å². The van der Waals surface area contributed by atoms with Crippen LogP contribution in [0.5, 0.6) is 0 Å². The van der Waals surface area contributed by atoms with E-state index >= 15 is 0 Å². The van der Waals surface area contributed by atoms with Crippen LogP contribution < -0.4 is 10.5 Å². The molecule has 2 aromatic carbocycles. The van der Waals surface area contributed by atoms with Gasteiger partial charge >= 0.3 is 0 Å². The van der Waals surface area contributed by atoms with Crippen LogP contribution in [0.3, 0.4) is 0 Å². The van der Waals surface area contributed by atoms with E-state index in [4.69, 9.17) is 23.2 Å². The van der Waals surface area contributed by atoms with E-state index in [0.717, 1.165) is 11.3 Å². The second-order valence-corrected chi connectivity index (χ2v) is 9.70. The molecule has 1 amide bonds. The fourth-order valence-corrected chi connectivity index (χ4v) is 5.34. The highest BCUT2D eigenvalue weighted by molar-refractivity contribution is 7.15. The number of carbonyl (C=O) groups excluding carboxylic acids is 1. The number of aromatic nitrogens is 3. The number of piperazine rings is 1. The number of amides is 1. The summed E-state index contributed by atoms with van der Waals surface area (Å²) >= 11 is 13.9. The standard InChI is InChI=1S/C24H21Cl2N5O2S/c25-18-6-2-1-5-16(18)13-20-23(33)27-24-31(28-20)17(15-34-24)14-22(32)30-11-9-29(10-12-30)21-8-4-3-7-19(21)26/h1-8,15H,9-14H2. The summed E-state index contributed by atoms with van der Waals surface area (Å²) in [5.74, 6) is 0.0201. The van der Waals surface area contributed by atoms with Crippen molar-refractivity contribution < 1.29 is 4.79 Å². The van der Waals surface area contributed by atoms with E-state index in [1.54, 1.807) is 10.6 Å². The quantitative estimate of drug-likeness (QED) is 0.404. The fourth-order valence-electron chi connectivity index (χ4n) is 4.06. The second-order valence-electron chi connectivity index (χ2n) is 8.05. The Morgan fingerprint density at radius 1 is 0.971 bits per heavy atom. The van der Waals surface area contributed by atoms with Crippen LogP contribution in [0.1, 0.15) is 17.0 Å². The maximum atomic E-state index is 13.1. The van der Waals surface area contributed by atoms with E-state index < -0.39 is 0 Å². The third-order valence-corrected chi connectivity index (χ3v) is 7.45. The highest BCUT2D eigenvalue weighted by Gasteiger charge is 2.24. The smallest absolute Gasteiger partial charge is 0.296 e. The molecule has 0 unspecified atom stereocenters. The number of rotatable bonds is 5. The van der Waals surface area contributed by atoms with Gasteiger partial charge in [-0.25, -0.2) is 4.52 Å². The Kier molecular flexibility index (Phi) is 6.54. The van der Waals surface area contributed by atoms with Crippen molar-refractivity contribution in [3.8, 4) is 0 Å². The molecule has 4 aromatic rings. The van der Waals surface area contributed by atoms with Gasteiger partial charge < -0.3 is 9.80 Å². The number of hydrogen-bond donors (Lipinski definition) is 0. The van der Waals surface area contributed by atoms with Gasteiger partial charge in [0.05, 0.1) is 22.8 Å². The first-order chi connectivity index (χ1) is 16.5. The van der Waals surface area contributed by atoms with Crippen molar-refractivity contribution in [2.75, 3.05) is 31.1 Å². The van der Waals surface area contributed by atoms with Crippen molar-refractivity contribution in [2.24, 2.45) is 0 Å². The number of carbonyl (C=O) groups is 1. The predicted octanol–water partition coefficient (Wildman–Crippen LogP) is 3.94. The molecule has 0 atom stereocenters. The van der Waals surface area contributed by atoms with Gasteiger partial charge in [0.25, 0.3) is 5.56 Å². The van der Waals surface area contributed by atoms with Gasteiger partial charge in [0.1, 0.15) is 5.69 Å². The minimum atomic E-state index is -0.379. The van der Waals surface area contributed by atoms with Gasteiger partial charge in [0.15, 0.2) is 0 Å². The molecule has 0 spiro atoms. The minimum absolute atomic E-state index is 0.0201. The number of fused-ring (bicyclic) bond motifs is 1. The maximum Gasteiger partial charge on any atom is 0.296 e. The molecule has 34 heavy (non-hydrogen) atoms. The first-order valence-electron chi connectivity index (χ1n) is 10.9. The average Bonchev–Trinajstić information content (AvgIpc) is 3.22. The third kappa shape index (κ3) is 4.66. The van der Waals surface area contributed by atoms with Crippen LogP contribution in [0.15, 0.2) is 58.7 Å². The van der Waals surface area contributed by atoms with Crippen molar-refractivity contribution >= 4 is 51.1 Å². The first kappa shape index (κ1) is 22.8. The van der Waals surface area contributed by atoms with Crippen LogP contribution >= 0.6 is 34.5 Å². The molecule has 0 aliphatic carbocycles. The minimum Gasteiger partial charge on any atom is -0.367 e. The van der Waals surface area contributed by atoms with Crippen LogP contribution in [0.25, 0.3) is 4.96 Å². The molecule has 0 saturated carbocycles. The van der Waals surface area contributed by atoms with Crippen LogP contribution in [0, 0.1) is 0 Å². The first-order valence-corrected chi connectivity index (χ1v) is 12.5.